The first kappa shape index (κ1) is 15.4. The van der Waals surface area contributed by atoms with Gasteiger partial charge in [0.1, 0.15) is 11.4 Å². The van der Waals surface area contributed by atoms with Crippen LogP contribution in [0.15, 0.2) is 55.0 Å². The Kier molecular flexibility index (Phi) is 3.72. The van der Waals surface area contributed by atoms with Crippen LogP contribution in [0.5, 0.6) is 5.75 Å². The number of para-hydroxylation sites is 2. The van der Waals surface area contributed by atoms with E-state index in [4.69, 9.17) is 4.74 Å². The summed E-state index contributed by atoms with van der Waals surface area (Å²) in [4.78, 5) is 18.8. The quantitative estimate of drug-likeness (QED) is 0.736. The van der Waals surface area contributed by atoms with Crippen LogP contribution in [0.2, 0.25) is 0 Å². The highest BCUT2D eigenvalue weighted by atomic mass is 16.5. The number of aromatic nitrogens is 3. The molecule has 0 spiro atoms. The third-order valence-corrected chi connectivity index (χ3v) is 4.59. The highest BCUT2D eigenvalue weighted by Crippen LogP contribution is 2.30. The number of methoxy groups -OCH3 is 1. The molecule has 126 valence electrons. The Balaban J connectivity index is 1.62. The van der Waals surface area contributed by atoms with E-state index in [0.717, 1.165) is 22.7 Å². The molecule has 6 nitrogen and oxygen atoms in total. The standard InChI is InChI=1S/C19H18N4O2/c1-13(22-12-16-15(19(22)24)6-5-9-20-16)14-10-21-23(11-14)17-7-3-4-8-18(17)25-2/h3-11,13H,12H2,1-2H3/t13-/m1/s1. The molecule has 0 saturated carbocycles. The monoisotopic (exact) mass is 334 g/mol. The zero-order valence-corrected chi connectivity index (χ0v) is 14.1. The summed E-state index contributed by atoms with van der Waals surface area (Å²) in [6.07, 6.45) is 5.45. The van der Waals surface area contributed by atoms with Crippen LogP contribution in [-0.4, -0.2) is 32.7 Å². The fraction of sp³-hybridized carbons (Fsp3) is 0.211. The van der Waals surface area contributed by atoms with Crippen LogP contribution in [0.1, 0.15) is 34.6 Å². The molecule has 3 aromatic rings. The van der Waals surface area contributed by atoms with Crippen molar-refractivity contribution in [3.05, 3.63) is 71.8 Å². The number of carbonyl (C=O) groups excluding carboxylic acids is 1. The second-order valence-corrected chi connectivity index (χ2v) is 6.00. The summed E-state index contributed by atoms with van der Waals surface area (Å²) in [5.74, 6) is 0.763. The first-order valence-corrected chi connectivity index (χ1v) is 8.12. The molecular weight excluding hydrogens is 316 g/mol. The Hall–Kier alpha value is -3.15. The largest absolute Gasteiger partial charge is 0.494 e. The number of amides is 1. The van der Waals surface area contributed by atoms with E-state index in [0.29, 0.717) is 12.1 Å². The van der Waals surface area contributed by atoms with Crippen LogP contribution in [0, 0.1) is 0 Å². The van der Waals surface area contributed by atoms with Crippen molar-refractivity contribution in [3.63, 3.8) is 0 Å². The number of pyridine rings is 1. The van der Waals surface area contributed by atoms with Crippen molar-refractivity contribution < 1.29 is 9.53 Å². The summed E-state index contributed by atoms with van der Waals surface area (Å²) in [6.45, 7) is 2.53. The zero-order valence-electron chi connectivity index (χ0n) is 14.1. The Labute approximate surface area is 145 Å². The lowest BCUT2D eigenvalue weighted by Gasteiger charge is -2.22. The first-order valence-electron chi connectivity index (χ1n) is 8.12. The maximum atomic E-state index is 12.6. The number of ether oxygens (including phenoxy) is 1. The van der Waals surface area contributed by atoms with Gasteiger partial charge in [-0.2, -0.15) is 5.10 Å². The van der Waals surface area contributed by atoms with Gasteiger partial charge < -0.3 is 9.64 Å². The summed E-state index contributed by atoms with van der Waals surface area (Å²) >= 11 is 0. The molecule has 6 heteroatoms. The molecular formula is C19H18N4O2. The van der Waals surface area contributed by atoms with Crippen LogP contribution >= 0.6 is 0 Å². The molecule has 2 aromatic heterocycles. The maximum absolute atomic E-state index is 12.6. The van der Waals surface area contributed by atoms with Crippen LogP contribution in [0.25, 0.3) is 5.69 Å². The van der Waals surface area contributed by atoms with Gasteiger partial charge in [-0.1, -0.05) is 12.1 Å². The summed E-state index contributed by atoms with van der Waals surface area (Å²) in [7, 11) is 1.64. The van der Waals surface area contributed by atoms with Crippen molar-refractivity contribution in [1.82, 2.24) is 19.7 Å². The molecule has 1 atom stereocenters. The lowest BCUT2D eigenvalue weighted by Crippen LogP contribution is -2.27. The Morgan fingerprint density at radius 3 is 2.84 bits per heavy atom. The van der Waals surface area contributed by atoms with Gasteiger partial charge >= 0.3 is 0 Å². The highest BCUT2D eigenvalue weighted by molar-refractivity contribution is 5.97. The van der Waals surface area contributed by atoms with E-state index in [2.05, 4.69) is 10.1 Å². The highest BCUT2D eigenvalue weighted by Gasteiger charge is 2.32. The number of rotatable bonds is 4. The molecule has 0 saturated heterocycles. The number of benzene rings is 1. The minimum Gasteiger partial charge on any atom is -0.494 e. The molecule has 0 unspecified atom stereocenters. The van der Waals surface area contributed by atoms with Gasteiger partial charge in [-0.05, 0) is 31.2 Å². The smallest absolute Gasteiger partial charge is 0.256 e. The fourth-order valence-electron chi connectivity index (χ4n) is 3.14. The summed E-state index contributed by atoms with van der Waals surface area (Å²) < 4.78 is 7.17. The molecule has 0 fully saturated rings. The van der Waals surface area contributed by atoms with Crippen molar-refractivity contribution in [3.8, 4) is 11.4 Å². The molecule has 1 amide bonds. The van der Waals surface area contributed by atoms with Gasteiger partial charge in [-0.3, -0.25) is 9.78 Å². The van der Waals surface area contributed by atoms with Crippen molar-refractivity contribution in [2.24, 2.45) is 0 Å². The number of hydrogen-bond acceptors (Lipinski definition) is 4. The lowest BCUT2D eigenvalue weighted by atomic mass is 10.1. The third-order valence-electron chi connectivity index (χ3n) is 4.59. The Morgan fingerprint density at radius 2 is 2.04 bits per heavy atom. The van der Waals surface area contributed by atoms with Crippen molar-refractivity contribution >= 4 is 5.91 Å². The van der Waals surface area contributed by atoms with Gasteiger partial charge in [-0.25, -0.2) is 4.68 Å². The number of carbonyl (C=O) groups is 1. The summed E-state index contributed by atoms with van der Waals surface area (Å²) in [6, 6.07) is 11.2. The van der Waals surface area contributed by atoms with E-state index in [-0.39, 0.29) is 11.9 Å². The van der Waals surface area contributed by atoms with Crippen molar-refractivity contribution in [2.75, 3.05) is 7.11 Å². The summed E-state index contributed by atoms with van der Waals surface area (Å²) in [5.41, 5.74) is 3.34. The topological polar surface area (TPSA) is 60.2 Å². The van der Waals surface area contributed by atoms with Crippen molar-refractivity contribution in [2.45, 2.75) is 19.5 Å². The molecule has 1 aliphatic rings. The number of hydrogen-bond donors (Lipinski definition) is 0. The van der Waals surface area contributed by atoms with E-state index in [1.165, 1.54) is 0 Å². The molecule has 4 rings (SSSR count). The van der Waals surface area contributed by atoms with E-state index in [1.807, 2.05) is 48.4 Å². The van der Waals surface area contributed by atoms with Crippen LogP contribution in [0.3, 0.4) is 0 Å². The normalized spacial score (nSPS) is 14.5. The van der Waals surface area contributed by atoms with E-state index >= 15 is 0 Å². The summed E-state index contributed by atoms with van der Waals surface area (Å²) in [5, 5.41) is 4.44. The predicted octanol–water partition coefficient (Wildman–Crippen LogP) is 2.99. The molecule has 3 heterocycles. The molecule has 0 bridgehead atoms. The number of fused-ring (bicyclic) bond motifs is 1. The molecule has 25 heavy (non-hydrogen) atoms. The van der Waals surface area contributed by atoms with Gasteiger partial charge in [0.2, 0.25) is 0 Å². The zero-order chi connectivity index (χ0) is 17.4. The predicted molar refractivity (Wildman–Crippen MR) is 92.6 cm³/mol. The lowest BCUT2D eigenvalue weighted by molar-refractivity contribution is 0.0715. The molecule has 0 aliphatic carbocycles. The second kappa shape index (κ2) is 6.05. The molecule has 0 N–H and O–H groups in total. The van der Waals surface area contributed by atoms with Crippen LogP contribution < -0.4 is 4.74 Å². The van der Waals surface area contributed by atoms with Gasteiger partial charge in [0.15, 0.2) is 0 Å². The van der Waals surface area contributed by atoms with Gasteiger partial charge in [0, 0.05) is 18.0 Å². The average molecular weight is 334 g/mol. The Bertz CT molecular complexity index is 934. The molecule has 0 radical (unpaired) electrons. The Morgan fingerprint density at radius 1 is 1.20 bits per heavy atom. The number of nitrogens with zero attached hydrogens (tertiary/aromatic N) is 4. The van der Waals surface area contributed by atoms with E-state index < -0.39 is 0 Å². The van der Waals surface area contributed by atoms with Crippen LogP contribution in [-0.2, 0) is 6.54 Å². The minimum absolute atomic E-state index is 0.0145. The molecule has 1 aliphatic heterocycles. The first-order chi connectivity index (χ1) is 12.2. The SMILES string of the molecule is COc1ccccc1-n1cc([C@@H](C)N2Cc3ncccc3C2=O)cn1. The van der Waals surface area contributed by atoms with E-state index in [9.17, 15) is 4.79 Å². The average Bonchev–Trinajstić information content (AvgIpc) is 3.27. The van der Waals surface area contributed by atoms with Crippen LogP contribution in [0.4, 0.5) is 0 Å². The van der Waals surface area contributed by atoms with Gasteiger partial charge in [0.25, 0.3) is 5.91 Å². The maximum Gasteiger partial charge on any atom is 0.256 e. The minimum atomic E-state index is -0.0924. The van der Waals surface area contributed by atoms with E-state index in [1.54, 1.807) is 30.3 Å². The third kappa shape index (κ3) is 2.55. The second-order valence-electron chi connectivity index (χ2n) is 6.00. The molecule has 1 aromatic carbocycles. The van der Waals surface area contributed by atoms with Gasteiger partial charge in [0.05, 0.1) is 37.2 Å². The van der Waals surface area contributed by atoms with Gasteiger partial charge in [-0.15, -0.1) is 0 Å². The van der Waals surface area contributed by atoms with Crippen molar-refractivity contribution in [1.29, 1.82) is 0 Å². The fourth-order valence-corrected chi connectivity index (χ4v) is 3.14.